The molecule has 16 heavy (non-hydrogen) atoms. The Kier molecular flexibility index (Phi) is 3.84. The van der Waals surface area contributed by atoms with Gasteiger partial charge in [0.05, 0.1) is 11.2 Å². The molecule has 0 radical (unpaired) electrons. The molecule has 2 aromatic heterocycles. The van der Waals surface area contributed by atoms with Crippen molar-refractivity contribution in [1.29, 1.82) is 0 Å². The molecule has 2 heterocycles. The van der Waals surface area contributed by atoms with Gasteiger partial charge in [0.1, 0.15) is 5.82 Å². The molecular weight excluding hydrogens is 240 g/mol. The second-order valence-electron chi connectivity index (χ2n) is 3.77. The predicted molar refractivity (Wildman–Crippen MR) is 68.3 cm³/mol. The molecule has 0 spiro atoms. The van der Waals surface area contributed by atoms with E-state index in [0.717, 1.165) is 29.6 Å². The molecule has 0 unspecified atom stereocenters. The molecule has 6 heteroatoms. The van der Waals surface area contributed by atoms with Crippen LogP contribution >= 0.6 is 22.9 Å². The Morgan fingerprint density at radius 3 is 2.94 bits per heavy atom. The SMILES string of the molecule is CC(C)c1nsc(NCCc2cscn2)n1. The van der Waals surface area contributed by atoms with E-state index < -0.39 is 0 Å². The molecular formula is C10H14N4S2. The number of hydrogen-bond donors (Lipinski definition) is 1. The Labute approximate surface area is 103 Å². The van der Waals surface area contributed by atoms with Crippen molar-refractivity contribution in [3.63, 3.8) is 0 Å². The lowest BCUT2D eigenvalue weighted by Gasteiger charge is -1.99. The van der Waals surface area contributed by atoms with Crippen molar-refractivity contribution in [3.05, 3.63) is 22.4 Å². The van der Waals surface area contributed by atoms with E-state index in [1.165, 1.54) is 11.5 Å². The van der Waals surface area contributed by atoms with Crippen LogP contribution in [-0.2, 0) is 6.42 Å². The van der Waals surface area contributed by atoms with Gasteiger partial charge in [-0.05, 0) is 0 Å². The Morgan fingerprint density at radius 1 is 1.44 bits per heavy atom. The van der Waals surface area contributed by atoms with Gasteiger partial charge in [-0.1, -0.05) is 13.8 Å². The fourth-order valence-electron chi connectivity index (χ4n) is 1.20. The summed E-state index contributed by atoms with van der Waals surface area (Å²) in [6, 6.07) is 0. The van der Waals surface area contributed by atoms with Gasteiger partial charge in [-0.3, -0.25) is 0 Å². The Bertz CT molecular complexity index is 422. The van der Waals surface area contributed by atoms with Crippen LogP contribution in [0.2, 0.25) is 0 Å². The fourth-order valence-corrected chi connectivity index (χ4v) is 2.53. The average Bonchev–Trinajstić information content (AvgIpc) is 2.87. The molecule has 86 valence electrons. The Hall–Kier alpha value is -1.01. The van der Waals surface area contributed by atoms with Crippen molar-refractivity contribution in [1.82, 2.24) is 14.3 Å². The molecule has 0 aromatic carbocycles. The quantitative estimate of drug-likeness (QED) is 0.891. The van der Waals surface area contributed by atoms with Gasteiger partial charge in [-0.25, -0.2) is 9.97 Å². The molecule has 0 saturated heterocycles. The zero-order chi connectivity index (χ0) is 11.4. The molecule has 0 amide bonds. The molecule has 0 fully saturated rings. The van der Waals surface area contributed by atoms with E-state index in [0.29, 0.717) is 5.92 Å². The van der Waals surface area contributed by atoms with Gasteiger partial charge >= 0.3 is 0 Å². The van der Waals surface area contributed by atoms with Gasteiger partial charge < -0.3 is 5.32 Å². The first-order valence-electron chi connectivity index (χ1n) is 5.20. The van der Waals surface area contributed by atoms with Crippen molar-refractivity contribution < 1.29 is 0 Å². The first-order chi connectivity index (χ1) is 7.75. The summed E-state index contributed by atoms with van der Waals surface area (Å²) >= 11 is 3.05. The minimum absolute atomic E-state index is 0.394. The number of nitrogens with one attached hydrogen (secondary N) is 1. The van der Waals surface area contributed by atoms with Crippen LogP contribution in [0.5, 0.6) is 0 Å². The molecule has 2 aromatic rings. The highest BCUT2D eigenvalue weighted by atomic mass is 32.1. The topological polar surface area (TPSA) is 50.7 Å². The molecule has 0 bridgehead atoms. The average molecular weight is 254 g/mol. The number of rotatable bonds is 5. The summed E-state index contributed by atoms with van der Waals surface area (Å²) in [5, 5.41) is 6.24. The number of aromatic nitrogens is 3. The molecule has 4 nitrogen and oxygen atoms in total. The summed E-state index contributed by atoms with van der Waals surface area (Å²) in [5.74, 6) is 1.31. The third kappa shape index (κ3) is 2.99. The van der Waals surface area contributed by atoms with Crippen LogP contribution in [0, 0.1) is 0 Å². The second-order valence-corrected chi connectivity index (χ2v) is 5.24. The van der Waals surface area contributed by atoms with Gasteiger partial charge in [0.2, 0.25) is 5.13 Å². The maximum atomic E-state index is 4.41. The van der Waals surface area contributed by atoms with Gasteiger partial charge in [-0.15, -0.1) is 11.3 Å². The minimum Gasteiger partial charge on any atom is -0.360 e. The lowest BCUT2D eigenvalue weighted by atomic mass is 10.2. The summed E-state index contributed by atoms with van der Waals surface area (Å²) in [7, 11) is 0. The van der Waals surface area contributed by atoms with E-state index in [1.807, 2.05) is 5.51 Å². The third-order valence-corrected chi connectivity index (χ3v) is 3.42. The molecule has 2 rings (SSSR count). The van der Waals surface area contributed by atoms with Gasteiger partial charge in [0.15, 0.2) is 0 Å². The van der Waals surface area contributed by atoms with E-state index in [1.54, 1.807) is 11.3 Å². The molecule has 0 aliphatic rings. The van der Waals surface area contributed by atoms with Crippen LogP contribution in [0.25, 0.3) is 0 Å². The van der Waals surface area contributed by atoms with Gasteiger partial charge in [-0.2, -0.15) is 4.37 Å². The van der Waals surface area contributed by atoms with Crippen molar-refractivity contribution in [2.75, 3.05) is 11.9 Å². The van der Waals surface area contributed by atoms with Gasteiger partial charge in [0.25, 0.3) is 0 Å². The van der Waals surface area contributed by atoms with Crippen LogP contribution in [0.4, 0.5) is 5.13 Å². The van der Waals surface area contributed by atoms with Crippen LogP contribution in [0.3, 0.4) is 0 Å². The number of nitrogens with zero attached hydrogens (tertiary/aromatic N) is 3. The van der Waals surface area contributed by atoms with Crippen molar-refractivity contribution in [3.8, 4) is 0 Å². The van der Waals surface area contributed by atoms with Gasteiger partial charge in [0, 0.05) is 35.8 Å². The predicted octanol–water partition coefficient (Wildman–Crippen LogP) is 2.77. The van der Waals surface area contributed by atoms with E-state index in [2.05, 4.69) is 38.9 Å². The fraction of sp³-hybridized carbons (Fsp3) is 0.500. The zero-order valence-electron chi connectivity index (χ0n) is 9.30. The number of hydrogen-bond acceptors (Lipinski definition) is 6. The van der Waals surface area contributed by atoms with Crippen LogP contribution in [-0.4, -0.2) is 20.9 Å². The molecule has 0 saturated carbocycles. The summed E-state index contributed by atoms with van der Waals surface area (Å²) in [5.41, 5.74) is 2.99. The second kappa shape index (κ2) is 5.36. The Balaban J connectivity index is 1.81. The number of anilines is 1. The van der Waals surface area contributed by atoms with Crippen LogP contribution in [0.15, 0.2) is 10.9 Å². The Morgan fingerprint density at radius 2 is 2.31 bits per heavy atom. The van der Waals surface area contributed by atoms with E-state index in [9.17, 15) is 0 Å². The van der Waals surface area contributed by atoms with E-state index in [-0.39, 0.29) is 0 Å². The standard InChI is InChI=1S/C10H14N4S2/c1-7(2)9-13-10(16-14-9)11-4-3-8-5-15-6-12-8/h5-7H,3-4H2,1-2H3,(H,11,13,14). The largest absolute Gasteiger partial charge is 0.360 e. The summed E-state index contributed by atoms with van der Waals surface area (Å²) < 4.78 is 4.29. The number of thiazole rings is 1. The van der Waals surface area contributed by atoms with E-state index in [4.69, 9.17) is 0 Å². The summed E-state index contributed by atoms with van der Waals surface area (Å²) in [6.07, 6.45) is 0.931. The minimum atomic E-state index is 0.394. The molecule has 0 aliphatic carbocycles. The maximum absolute atomic E-state index is 4.41. The first kappa shape index (κ1) is 11.5. The molecule has 0 aliphatic heterocycles. The third-order valence-electron chi connectivity index (χ3n) is 2.10. The summed E-state index contributed by atoms with van der Waals surface area (Å²) in [4.78, 5) is 8.63. The maximum Gasteiger partial charge on any atom is 0.202 e. The van der Waals surface area contributed by atoms with Crippen molar-refractivity contribution >= 4 is 28.0 Å². The molecule has 1 N–H and O–H groups in total. The lowest BCUT2D eigenvalue weighted by Crippen LogP contribution is -2.04. The first-order valence-corrected chi connectivity index (χ1v) is 6.92. The lowest BCUT2D eigenvalue weighted by molar-refractivity contribution is 0.798. The monoisotopic (exact) mass is 254 g/mol. The van der Waals surface area contributed by atoms with Crippen molar-refractivity contribution in [2.45, 2.75) is 26.2 Å². The molecule has 0 atom stereocenters. The normalized spacial score (nSPS) is 10.9. The van der Waals surface area contributed by atoms with E-state index >= 15 is 0 Å². The summed E-state index contributed by atoms with van der Waals surface area (Å²) in [6.45, 7) is 5.05. The highest BCUT2D eigenvalue weighted by Crippen LogP contribution is 2.17. The van der Waals surface area contributed by atoms with Crippen LogP contribution in [0.1, 0.15) is 31.3 Å². The highest BCUT2D eigenvalue weighted by Gasteiger charge is 2.06. The van der Waals surface area contributed by atoms with Crippen molar-refractivity contribution in [2.24, 2.45) is 0 Å². The zero-order valence-corrected chi connectivity index (χ0v) is 10.9. The smallest absolute Gasteiger partial charge is 0.202 e. The van der Waals surface area contributed by atoms with Crippen LogP contribution < -0.4 is 5.32 Å². The highest BCUT2D eigenvalue weighted by molar-refractivity contribution is 7.09.